The van der Waals surface area contributed by atoms with E-state index in [9.17, 15) is 25.9 Å². The quantitative estimate of drug-likeness (QED) is 0.0836. The summed E-state index contributed by atoms with van der Waals surface area (Å²) in [5, 5.41) is 17.7. The van der Waals surface area contributed by atoms with Crippen molar-refractivity contribution in [3.63, 3.8) is 0 Å². The number of fused-ring (bicyclic) bond motifs is 2. The molecular weight excluding hydrogens is 699 g/mol. The van der Waals surface area contributed by atoms with Crippen molar-refractivity contribution in [2.24, 2.45) is 20.5 Å². The number of rotatable bonds is 6. The summed E-state index contributed by atoms with van der Waals surface area (Å²) < 4.78 is 71.1. The van der Waals surface area contributed by atoms with Crippen molar-refractivity contribution in [1.29, 1.82) is 0 Å². The monoisotopic (exact) mass is 720 g/mol. The molecule has 238 valence electrons. The van der Waals surface area contributed by atoms with E-state index < -0.39 is 30.0 Å². The summed E-state index contributed by atoms with van der Waals surface area (Å²) in [5.74, 6) is 6.07. The van der Waals surface area contributed by atoms with Crippen molar-refractivity contribution < 1.29 is 85.1 Å². The second-order valence-corrected chi connectivity index (χ2v) is 13.1. The second kappa shape index (κ2) is 15.9. The topological polar surface area (TPSA) is 216 Å². The van der Waals surface area contributed by atoms with Gasteiger partial charge in [0, 0.05) is 32.7 Å². The third-order valence-corrected chi connectivity index (χ3v) is 8.98. The average Bonchev–Trinajstić information content (AvgIpc) is 3.07. The van der Waals surface area contributed by atoms with E-state index in [1.807, 2.05) is 0 Å². The number of azo groups is 2. The van der Waals surface area contributed by atoms with Gasteiger partial charge >= 0.3 is 59.1 Å². The number of anilines is 2. The molecule has 16 heteroatoms. The minimum Gasteiger partial charge on any atom is -0.744 e. The molecule has 0 radical (unpaired) electrons. The van der Waals surface area contributed by atoms with Gasteiger partial charge in [-0.1, -0.05) is 60.4 Å². The predicted octanol–water partition coefficient (Wildman–Crippen LogP) is 1.20. The van der Waals surface area contributed by atoms with Crippen LogP contribution in [0.2, 0.25) is 0 Å². The Morgan fingerprint density at radius 2 is 0.800 bits per heavy atom. The zero-order chi connectivity index (χ0) is 34.1. The summed E-state index contributed by atoms with van der Waals surface area (Å²) >= 11 is 0. The Morgan fingerprint density at radius 1 is 0.480 bits per heavy atom. The molecule has 0 unspecified atom stereocenters. The van der Waals surface area contributed by atoms with E-state index in [0.717, 1.165) is 12.1 Å². The molecule has 0 atom stereocenters. The van der Waals surface area contributed by atoms with E-state index in [2.05, 4.69) is 32.3 Å². The fraction of sp³-hybridized carbons (Fsp3) is 0. The second-order valence-electron chi connectivity index (χ2n) is 10.4. The van der Waals surface area contributed by atoms with Crippen molar-refractivity contribution in [2.75, 3.05) is 11.5 Å². The van der Waals surface area contributed by atoms with Crippen LogP contribution in [0.15, 0.2) is 139 Å². The standard InChI is InChI=1S/C34H24N6O6S2.2Na/c35-33-27-7-3-1-5-25(27)31(47(41,42)43)19-29(33)39-37-23-15-11-21(12-16-23)9-10-22-13-17-24(18-14-22)38-40-30-20-32(48(44,45)46)26-6-2-4-8-28(26)34(30)36;;/h1-8,11-20H,35-36H2,(H,41,42,43)(H,44,45,46);;/q;2*+1/p-2. The molecule has 6 aromatic rings. The van der Waals surface area contributed by atoms with E-state index in [1.165, 1.54) is 12.1 Å². The SMILES string of the molecule is Nc1c(N=Nc2ccc(C#Cc3ccc(N=Nc4cc(S(=O)(=O)[O-])c5ccccc5c4N)cc3)cc2)cc(S(=O)(=O)[O-])c2ccccc12.[Na+].[Na+]. The Bertz CT molecular complexity index is 2410. The molecule has 0 aliphatic rings. The van der Waals surface area contributed by atoms with E-state index in [-0.39, 0.29) is 92.6 Å². The van der Waals surface area contributed by atoms with E-state index in [4.69, 9.17) is 11.5 Å². The third kappa shape index (κ3) is 8.66. The van der Waals surface area contributed by atoms with Gasteiger partial charge in [0.15, 0.2) is 0 Å². The van der Waals surface area contributed by atoms with Crippen LogP contribution < -0.4 is 70.6 Å². The minimum absolute atomic E-state index is 0. The summed E-state index contributed by atoms with van der Waals surface area (Å²) in [5.41, 5.74) is 15.1. The van der Waals surface area contributed by atoms with Gasteiger partial charge in [-0.15, -0.1) is 10.2 Å². The molecule has 50 heavy (non-hydrogen) atoms. The van der Waals surface area contributed by atoms with Crippen molar-refractivity contribution in [3.8, 4) is 11.8 Å². The molecule has 0 aliphatic heterocycles. The molecule has 0 saturated heterocycles. The number of nitrogens with two attached hydrogens (primary N) is 2. The van der Waals surface area contributed by atoms with Crippen molar-refractivity contribution in [3.05, 3.63) is 120 Å². The van der Waals surface area contributed by atoms with Crippen LogP contribution in [-0.4, -0.2) is 25.9 Å². The summed E-state index contributed by atoms with van der Waals surface area (Å²) in [4.78, 5) is -0.853. The molecule has 0 aliphatic carbocycles. The first kappa shape index (κ1) is 38.8. The number of nitrogen functional groups attached to an aromatic ring is 2. The molecule has 0 amide bonds. The molecule has 6 aromatic carbocycles. The van der Waals surface area contributed by atoms with Crippen LogP contribution in [0.5, 0.6) is 0 Å². The Morgan fingerprint density at radius 3 is 1.12 bits per heavy atom. The van der Waals surface area contributed by atoms with Crippen molar-refractivity contribution in [1.82, 2.24) is 0 Å². The van der Waals surface area contributed by atoms with Crippen LogP contribution in [0.25, 0.3) is 21.5 Å². The normalized spacial score (nSPS) is 11.6. The maximum absolute atomic E-state index is 11.9. The summed E-state index contributed by atoms with van der Waals surface area (Å²) in [6.07, 6.45) is 0. The van der Waals surface area contributed by atoms with Gasteiger partial charge in [0.2, 0.25) is 0 Å². The van der Waals surface area contributed by atoms with Crippen molar-refractivity contribution in [2.45, 2.75) is 9.79 Å². The predicted molar refractivity (Wildman–Crippen MR) is 180 cm³/mol. The van der Waals surface area contributed by atoms with Gasteiger partial charge < -0.3 is 20.6 Å². The summed E-state index contributed by atoms with van der Waals surface area (Å²) in [7, 11) is -9.57. The summed E-state index contributed by atoms with van der Waals surface area (Å²) in [6, 6.07) is 28.6. The van der Waals surface area contributed by atoms with Gasteiger partial charge in [-0.2, -0.15) is 10.2 Å². The molecule has 6 rings (SSSR count). The number of hydrogen-bond donors (Lipinski definition) is 2. The Kier molecular flexibility index (Phi) is 12.4. The van der Waals surface area contributed by atoms with Gasteiger partial charge in [-0.25, -0.2) is 16.8 Å². The molecule has 12 nitrogen and oxygen atoms in total. The van der Waals surface area contributed by atoms with Crippen LogP contribution in [0.3, 0.4) is 0 Å². The van der Waals surface area contributed by atoms with Crippen LogP contribution in [-0.2, 0) is 20.2 Å². The fourth-order valence-electron chi connectivity index (χ4n) is 4.87. The van der Waals surface area contributed by atoms with Crippen LogP contribution in [0.4, 0.5) is 34.1 Å². The first-order valence-electron chi connectivity index (χ1n) is 14.0. The van der Waals surface area contributed by atoms with Gasteiger partial charge in [0.05, 0.1) is 32.5 Å². The van der Waals surface area contributed by atoms with E-state index in [1.54, 1.807) is 84.9 Å². The van der Waals surface area contributed by atoms with E-state index >= 15 is 0 Å². The Balaban J connectivity index is 0.00000281. The molecule has 0 bridgehead atoms. The van der Waals surface area contributed by atoms with Gasteiger partial charge in [-0.05, 0) is 60.7 Å². The van der Waals surface area contributed by atoms with Crippen molar-refractivity contribution >= 4 is 75.9 Å². The molecule has 0 fully saturated rings. The molecule has 0 heterocycles. The molecule has 0 saturated carbocycles. The number of nitrogens with zero attached hydrogens (tertiary/aromatic N) is 4. The van der Waals surface area contributed by atoms with Gasteiger partial charge in [-0.3, -0.25) is 0 Å². The molecule has 0 spiro atoms. The average molecular weight is 721 g/mol. The fourth-order valence-corrected chi connectivity index (χ4v) is 6.28. The largest absolute Gasteiger partial charge is 1.00 e. The van der Waals surface area contributed by atoms with E-state index in [0.29, 0.717) is 33.3 Å². The van der Waals surface area contributed by atoms with Crippen LogP contribution in [0, 0.1) is 11.8 Å². The number of benzene rings is 6. The Labute approximate surface area is 331 Å². The van der Waals surface area contributed by atoms with Gasteiger partial charge in [0.1, 0.15) is 31.6 Å². The van der Waals surface area contributed by atoms with Crippen LogP contribution in [0.1, 0.15) is 11.1 Å². The maximum atomic E-state index is 11.9. The summed E-state index contributed by atoms with van der Waals surface area (Å²) in [6.45, 7) is 0. The molecule has 0 aromatic heterocycles. The first-order valence-corrected chi connectivity index (χ1v) is 16.8. The zero-order valence-corrected chi connectivity index (χ0v) is 32.2. The van der Waals surface area contributed by atoms with Crippen LogP contribution >= 0.6 is 0 Å². The third-order valence-electron chi connectivity index (χ3n) is 7.22. The first-order chi connectivity index (χ1) is 22.9. The zero-order valence-electron chi connectivity index (χ0n) is 26.6. The Hall–Kier alpha value is -3.98. The van der Waals surface area contributed by atoms with Gasteiger partial charge in [0.25, 0.3) is 0 Å². The maximum Gasteiger partial charge on any atom is 1.00 e. The molecule has 4 N–H and O–H groups in total. The number of hydrogen-bond acceptors (Lipinski definition) is 12. The molecular formula is C34H22N6Na2O6S2. The minimum atomic E-state index is -4.78. The smallest absolute Gasteiger partial charge is 0.744 e.